The van der Waals surface area contributed by atoms with Gasteiger partial charge in [0.05, 0.1) is 6.33 Å². The summed E-state index contributed by atoms with van der Waals surface area (Å²) in [7, 11) is 0. The van der Waals surface area contributed by atoms with Crippen LogP contribution in [0.15, 0.2) is 49.1 Å². The Labute approximate surface area is 128 Å². The zero-order chi connectivity index (χ0) is 15.5. The van der Waals surface area contributed by atoms with Crippen LogP contribution in [0.5, 0.6) is 0 Å². The Balaban J connectivity index is 0.00000106. The Morgan fingerprint density at radius 3 is 2.52 bits per heavy atom. The fraction of sp³-hybridized carbons (Fsp3) is 0.471. The van der Waals surface area contributed by atoms with Crippen LogP contribution < -0.4 is 0 Å². The minimum atomic E-state index is -0.428. The Hall–Kier alpha value is -1.65. The van der Waals surface area contributed by atoms with Crippen molar-refractivity contribution in [2.45, 2.75) is 46.5 Å². The first-order chi connectivity index (χ1) is 10.3. The van der Waals surface area contributed by atoms with Crippen molar-refractivity contribution >= 4 is 0 Å². The van der Waals surface area contributed by atoms with Gasteiger partial charge in [-0.3, -0.25) is 4.90 Å². The number of aliphatic hydroxyl groups is 1. The van der Waals surface area contributed by atoms with Crippen molar-refractivity contribution in [3.05, 3.63) is 54.6 Å². The van der Waals surface area contributed by atoms with Crippen molar-refractivity contribution in [2.75, 3.05) is 6.54 Å². The second-order valence-electron chi connectivity index (χ2n) is 4.74. The third kappa shape index (κ3) is 6.56. The van der Waals surface area contributed by atoms with Gasteiger partial charge in [0.25, 0.3) is 0 Å². The minimum absolute atomic E-state index is 0.428. The van der Waals surface area contributed by atoms with E-state index in [4.69, 9.17) is 0 Å². The number of imidazole rings is 1. The molecule has 1 atom stereocenters. The molecule has 2 aromatic rings. The Kier molecular flexibility index (Phi) is 8.40. The highest BCUT2D eigenvalue weighted by Crippen LogP contribution is 2.08. The van der Waals surface area contributed by atoms with Crippen molar-refractivity contribution < 1.29 is 5.11 Å². The summed E-state index contributed by atoms with van der Waals surface area (Å²) in [6.07, 6.45) is 6.14. The van der Waals surface area contributed by atoms with Crippen LogP contribution >= 0.6 is 0 Å². The summed E-state index contributed by atoms with van der Waals surface area (Å²) in [5.41, 5.74) is 1.23. The number of nitrogens with zero attached hydrogens (tertiary/aromatic N) is 3. The molecule has 0 spiro atoms. The molecule has 0 bridgehead atoms. The molecule has 0 saturated carbocycles. The van der Waals surface area contributed by atoms with Crippen LogP contribution in [-0.2, 0) is 13.1 Å². The molecule has 1 N–H and O–H groups in total. The van der Waals surface area contributed by atoms with E-state index in [0.29, 0.717) is 0 Å². The minimum Gasteiger partial charge on any atom is -0.379 e. The zero-order valence-corrected chi connectivity index (χ0v) is 13.3. The van der Waals surface area contributed by atoms with E-state index in [9.17, 15) is 5.11 Å². The summed E-state index contributed by atoms with van der Waals surface area (Å²) in [6, 6.07) is 10.2. The highest BCUT2D eigenvalue weighted by molar-refractivity contribution is 5.14. The second-order valence-corrected chi connectivity index (χ2v) is 4.74. The number of aliphatic hydroxyl groups excluding tert-OH is 1. The number of rotatable bonds is 7. The predicted molar refractivity (Wildman–Crippen MR) is 86.7 cm³/mol. The molecule has 1 aromatic heterocycles. The molecular formula is C17H27N3O. The molecule has 0 saturated heterocycles. The molecule has 1 heterocycles. The van der Waals surface area contributed by atoms with Gasteiger partial charge in [-0.2, -0.15) is 0 Å². The van der Waals surface area contributed by atoms with Crippen molar-refractivity contribution in [1.82, 2.24) is 14.5 Å². The van der Waals surface area contributed by atoms with Crippen LogP contribution in [0, 0.1) is 0 Å². The van der Waals surface area contributed by atoms with E-state index in [1.807, 2.05) is 51.5 Å². The lowest BCUT2D eigenvalue weighted by atomic mass is 10.2. The van der Waals surface area contributed by atoms with E-state index in [-0.39, 0.29) is 0 Å². The molecule has 0 radical (unpaired) electrons. The van der Waals surface area contributed by atoms with E-state index in [1.54, 1.807) is 6.20 Å². The fourth-order valence-electron chi connectivity index (χ4n) is 2.09. The molecule has 2 rings (SSSR count). The molecule has 0 aliphatic rings. The van der Waals surface area contributed by atoms with Gasteiger partial charge in [-0.15, -0.1) is 0 Å². The second kappa shape index (κ2) is 10.1. The molecule has 1 unspecified atom stereocenters. The van der Waals surface area contributed by atoms with Crippen LogP contribution in [-0.4, -0.2) is 32.3 Å². The smallest absolute Gasteiger partial charge is 0.104 e. The number of benzene rings is 1. The Morgan fingerprint density at radius 1 is 1.24 bits per heavy atom. The standard InChI is InChI=1S/C15H21N3O.C2H6/c1-14(19)18(12-15-6-3-2-4-7-15)10-5-9-17-11-8-16-13-17;1-2/h2-4,6-8,11,13-14,19H,5,9-10,12H2,1H3;1-2H3. The van der Waals surface area contributed by atoms with Crippen LogP contribution in [0.2, 0.25) is 0 Å². The molecule has 21 heavy (non-hydrogen) atoms. The van der Waals surface area contributed by atoms with Gasteiger partial charge in [0.15, 0.2) is 0 Å². The predicted octanol–water partition coefficient (Wildman–Crippen LogP) is 3.14. The molecular weight excluding hydrogens is 262 g/mol. The topological polar surface area (TPSA) is 41.3 Å². The summed E-state index contributed by atoms with van der Waals surface area (Å²) < 4.78 is 2.06. The first kappa shape index (κ1) is 17.4. The van der Waals surface area contributed by atoms with Crippen LogP contribution in [0.4, 0.5) is 0 Å². The average Bonchev–Trinajstić information content (AvgIpc) is 3.02. The molecule has 4 heteroatoms. The van der Waals surface area contributed by atoms with Gasteiger partial charge in [-0.05, 0) is 18.9 Å². The third-order valence-electron chi connectivity index (χ3n) is 3.18. The molecule has 0 amide bonds. The summed E-state index contributed by atoms with van der Waals surface area (Å²) in [5, 5.41) is 9.84. The third-order valence-corrected chi connectivity index (χ3v) is 3.18. The van der Waals surface area contributed by atoms with E-state index in [1.165, 1.54) is 5.56 Å². The van der Waals surface area contributed by atoms with Crippen molar-refractivity contribution in [3.8, 4) is 0 Å². The van der Waals surface area contributed by atoms with Gasteiger partial charge in [-0.1, -0.05) is 44.2 Å². The highest BCUT2D eigenvalue weighted by Gasteiger charge is 2.10. The van der Waals surface area contributed by atoms with Crippen LogP contribution in [0.3, 0.4) is 0 Å². The lowest BCUT2D eigenvalue weighted by Gasteiger charge is -2.25. The number of aromatic nitrogens is 2. The number of hydrogen-bond acceptors (Lipinski definition) is 3. The largest absolute Gasteiger partial charge is 0.379 e. The monoisotopic (exact) mass is 289 g/mol. The molecule has 0 fully saturated rings. The molecule has 0 aliphatic carbocycles. The van der Waals surface area contributed by atoms with E-state index in [0.717, 1.165) is 26.1 Å². The molecule has 4 nitrogen and oxygen atoms in total. The molecule has 0 aliphatic heterocycles. The van der Waals surface area contributed by atoms with Gasteiger partial charge in [0, 0.05) is 32.0 Å². The highest BCUT2D eigenvalue weighted by atomic mass is 16.3. The van der Waals surface area contributed by atoms with Crippen molar-refractivity contribution in [1.29, 1.82) is 0 Å². The first-order valence-electron chi connectivity index (χ1n) is 7.67. The number of hydrogen-bond donors (Lipinski definition) is 1. The summed E-state index contributed by atoms with van der Waals surface area (Å²) in [4.78, 5) is 6.10. The number of aryl methyl sites for hydroxylation is 1. The lowest BCUT2D eigenvalue weighted by molar-refractivity contribution is 0.0112. The zero-order valence-electron chi connectivity index (χ0n) is 13.3. The molecule has 116 valence electrons. The summed E-state index contributed by atoms with van der Waals surface area (Å²) in [6.45, 7) is 8.39. The van der Waals surface area contributed by atoms with Crippen molar-refractivity contribution in [2.24, 2.45) is 0 Å². The van der Waals surface area contributed by atoms with E-state index < -0.39 is 6.23 Å². The Bertz CT molecular complexity index is 454. The van der Waals surface area contributed by atoms with Crippen molar-refractivity contribution in [3.63, 3.8) is 0 Å². The average molecular weight is 289 g/mol. The van der Waals surface area contributed by atoms with Gasteiger partial charge < -0.3 is 9.67 Å². The van der Waals surface area contributed by atoms with Gasteiger partial charge in [-0.25, -0.2) is 4.98 Å². The Morgan fingerprint density at radius 2 is 1.95 bits per heavy atom. The SMILES string of the molecule is CC.CC(O)N(CCCn1ccnc1)Cc1ccccc1. The maximum Gasteiger partial charge on any atom is 0.104 e. The summed E-state index contributed by atoms with van der Waals surface area (Å²) >= 11 is 0. The summed E-state index contributed by atoms with van der Waals surface area (Å²) in [5.74, 6) is 0. The fourth-order valence-corrected chi connectivity index (χ4v) is 2.09. The quantitative estimate of drug-likeness (QED) is 0.796. The van der Waals surface area contributed by atoms with E-state index >= 15 is 0 Å². The van der Waals surface area contributed by atoms with Gasteiger partial charge in [0.1, 0.15) is 6.23 Å². The van der Waals surface area contributed by atoms with E-state index in [2.05, 4.69) is 26.6 Å². The maximum absolute atomic E-state index is 9.84. The first-order valence-corrected chi connectivity index (χ1v) is 7.67. The normalized spacial score (nSPS) is 11.9. The van der Waals surface area contributed by atoms with Crippen LogP contribution in [0.1, 0.15) is 32.8 Å². The van der Waals surface area contributed by atoms with Crippen LogP contribution in [0.25, 0.3) is 0 Å². The van der Waals surface area contributed by atoms with Gasteiger partial charge in [0.2, 0.25) is 0 Å². The molecule has 1 aromatic carbocycles. The van der Waals surface area contributed by atoms with Gasteiger partial charge >= 0.3 is 0 Å². The maximum atomic E-state index is 9.84. The lowest BCUT2D eigenvalue weighted by Crippen LogP contribution is -2.33.